The number of nitrogens with zero attached hydrogens (tertiary/aromatic N) is 1. The van der Waals surface area contributed by atoms with E-state index in [1.807, 2.05) is 24.8 Å². The second-order valence-corrected chi connectivity index (χ2v) is 5.40. The van der Waals surface area contributed by atoms with Gasteiger partial charge in [-0.15, -0.1) is 0 Å². The minimum Gasteiger partial charge on any atom is -0.367 e. The molecule has 1 aliphatic heterocycles. The molecule has 1 atom stereocenters. The fourth-order valence-electron chi connectivity index (χ4n) is 2.39. The van der Waals surface area contributed by atoms with E-state index in [0.717, 1.165) is 19.4 Å². The van der Waals surface area contributed by atoms with Crippen LogP contribution in [0.2, 0.25) is 0 Å². The Morgan fingerprint density at radius 3 is 2.84 bits per heavy atom. The molecule has 104 valence electrons. The zero-order valence-corrected chi connectivity index (χ0v) is 11.5. The first kappa shape index (κ1) is 13.8. The molecule has 1 aromatic carbocycles. The Balaban J connectivity index is 2.01. The van der Waals surface area contributed by atoms with Gasteiger partial charge in [0.05, 0.1) is 5.69 Å². The number of hydrogen-bond acceptors (Lipinski definition) is 2. The molecule has 0 aliphatic carbocycles. The lowest BCUT2D eigenvalue weighted by Gasteiger charge is -2.35. The van der Waals surface area contributed by atoms with Crippen molar-refractivity contribution in [3.05, 3.63) is 30.1 Å². The second kappa shape index (κ2) is 6.04. The number of benzene rings is 1. The molecule has 1 unspecified atom stereocenters. The Hall–Kier alpha value is -1.58. The van der Waals surface area contributed by atoms with Crippen LogP contribution in [0.15, 0.2) is 24.3 Å². The van der Waals surface area contributed by atoms with Crippen molar-refractivity contribution < 1.29 is 9.18 Å². The first-order valence-electron chi connectivity index (χ1n) is 6.88. The maximum Gasteiger partial charge on any atom is 0.222 e. The van der Waals surface area contributed by atoms with Crippen molar-refractivity contribution in [2.45, 2.75) is 32.7 Å². The number of nitrogens with one attached hydrogen (secondary N) is 1. The lowest BCUT2D eigenvalue weighted by atomic mass is 10.0. The first-order chi connectivity index (χ1) is 9.08. The maximum absolute atomic E-state index is 13.8. The predicted octanol–water partition coefficient (Wildman–Crippen LogP) is 2.57. The van der Waals surface area contributed by atoms with Gasteiger partial charge in [-0.3, -0.25) is 4.79 Å². The van der Waals surface area contributed by atoms with Crippen LogP contribution in [0.1, 0.15) is 26.7 Å². The first-order valence-corrected chi connectivity index (χ1v) is 6.88. The van der Waals surface area contributed by atoms with Gasteiger partial charge >= 0.3 is 0 Å². The van der Waals surface area contributed by atoms with Gasteiger partial charge in [0, 0.05) is 25.0 Å². The third kappa shape index (κ3) is 3.46. The summed E-state index contributed by atoms with van der Waals surface area (Å²) in [6.07, 6.45) is 1.93. The lowest BCUT2D eigenvalue weighted by molar-refractivity contribution is -0.124. The van der Waals surface area contributed by atoms with Crippen molar-refractivity contribution >= 4 is 11.6 Å². The summed E-state index contributed by atoms with van der Waals surface area (Å²) >= 11 is 0. The standard InChI is InChI=1S/C15H21FN2O/c1-11(2)15(19)17-12-6-5-9-18(10-12)14-8-4-3-7-13(14)16/h3-4,7-8,11-12H,5-6,9-10H2,1-2H3,(H,17,19). The molecule has 0 spiro atoms. The van der Waals surface area contributed by atoms with E-state index in [4.69, 9.17) is 0 Å². The molecule has 1 aromatic rings. The van der Waals surface area contributed by atoms with Crippen LogP contribution in [0.4, 0.5) is 10.1 Å². The van der Waals surface area contributed by atoms with Gasteiger partial charge in [-0.1, -0.05) is 26.0 Å². The third-order valence-corrected chi connectivity index (χ3v) is 3.49. The Kier molecular flexibility index (Phi) is 4.40. The number of halogens is 1. The van der Waals surface area contributed by atoms with E-state index >= 15 is 0 Å². The quantitative estimate of drug-likeness (QED) is 0.910. The molecule has 1 aliphatic rings. The van der Waals surface area contributed by atoms with Gasteiger partial charge in [0.2, 0.25) is 5.91 Å². The molecule has 19 heavy (non-hydrogen) atoms. The van der Waals surface area contributed by atoms with E-state index in [0.29, 0.717) is 12.2 Å². The SMILES string of the molecule is CC(C)C(=O)NC1CCCN(c2ccccc2F)C1. The molecular formula is C15H21FN2O. The molecule has 0 radical (unpaired) electrons. The number of amides is 1. The number of rotatable bonds is 3. The van der Waals surface area contributed by atoms with E-state index in [1.165, 1.54) is 6.07 Å². The molecule has 1 saturated heterocycles. The van der Waals surface area contributed by atoms with Crippen molar-refractivity contribution in [1.29, 1.82) is 0 Å². The van der Waals surface area contributed by atoms with Crippen LogP contribution >= 0.6 is 0 Å². The molecule has 1 fully saturated rings. The molecule has 1 N–H and O–H groups in total. The lowest BCUT2D eigenvalue weighted by Crippen LogP contribution is -2.49. The smallest absolute Gasteiger partial charge is 0.222 e. The zero-order valence-electron chi connectivity index (χ0n) is 11.5. The van der Waals surface area contributed by atoms with E-state index in [1.54, 1.807) is 12.1 Å². The van der Waals surface area contributed by atoms with Gasteiger partial charge in [-0.2, -0.15) is 0 Å². The van der Waals surface area contributed by atoms with E-state index in [9.17, 15) is 9.18 Å². The molecule has 1 amide bonds. The second-order valence-electron chi connectivity index (χ2n) is 5.40. The van der Waals surface area contributed by atoms with Crippen molar-refractivity contribution in [2.24, 2.45) is 5.92 Å². The zero-order chi connectivity index (χ0) is 13.8. The molecular weight excluding hydrogens is 243 g/mol. The highest BCUT2D eigenvalue weighted by molar-refractivity contribution is 5.78. The fraction of sp³-hybridized carbons (Fsp3) is 0.533. The van der Waals surface area contributed by atoms with Gasteiger partial charge in [0.25, 0.3) is 0 Å². The highest BCUT2D eigenvalue weighted by Gasteiger charge is 2.23. The summed E-state index contributed by atoms with van der Waals surface area (Å²) < 4.78 is 13.8. The molecule has 2 rings (SSSR count). The van der Waals surface area contributed by atoms with Crippen molar-refractivity contribution in [3.63, 3.8) is 0 Å². The summed E-state index contributed by atoms with van der Waals surface area (Å²) in [5, 5.41) is 3.03. The van der Waals surface area contributed by atoms with Gasteiger partial charge in [-0.05, 0) is 25.0 Å². The fourth-order valence-corrected chi connectivity index (χ4v) is 2.39. The highest BCUT2D eigenvalue weighted by atomic mass is 19.1. The van der Waals surface area contributed by atoms with Crippen LogP contribution < -0.4 is 10.2 Å². The Labute approximate surface area is 113 Å². The Morgan fingerprint density at radius 1 is 1.42 bits per heavy atom. The normalized spacial score (nSPS) is 19.6. The largest absolute Gasteiger partial charge is 0.367 e. The van der Waals surface area contributed by atoms with Crippen molar-refractivity contribution in [2.75, 3.05) is 18.0 Å². The predicted molar refractivity (Wildman–Crippen MR) is 74.6 cm³/mol. The van der Waals surface area contributed by atoms with Crippen LogP contribution in [0, 0.1) is 11.7 Å². The summed E-state index contributed by atoms with van der Waals surface area (Å²) in [5.41, 5.74) is 0.631. The monoisotopic (exact) mass is 264 g/mol. The van der Waals surface area contributed by atoms with Crippen LogP contribution in [0.3, 0.4) is 0 Å². The summed E-state index contributed by atoms with van der Waals surface area (Å²) in [4.78, 5) is 13.7. The Morgan fingerprint density at radius 2 is 2.16 bits per heavy atom. The summed E-state index contributed by atoms with van der Waals surface area (Å²) in [6, 6.07) is 6.92. The van der Waals surface area contributed by atoms with Gasteiger partial charge in [0.1, 0.15) is 5.82 Å². The summed E-state index contributed by atoms with van der Waals surface area (Å²) in [5.74, 6) is -0.137. The van der Waals surface area contributed by atoms with Crippen molar-refractivity contribution in [1.82, 2.24) is 5.32 Å². The Bertz CT molecular complexity index is 448. The summed E-state index contributed by atoms with van der Waals surface area (Å²) in [6.45, 7) is 5.29. The third-order valence-electron chi connectivity index (χ3n) is 3.49. The molecule has 0 saturated carbocycles. The van der Waals surface area contributed by atoms with Gasteiger partial charge in [-0.25, -0.2) is 4.39 Å². The van der Waals surface area contributed by atoms with E-state index in [-0.39, 0.29) is 23.7 Å². The van der Waals surface area contributed by atoms with E-state index in [2.05, 4.69) is 5.32 Å². The molecule has 4 heteroatoms. The minimum absolute atomic E-state index is 0.0103. The van der Waals surface area contributed by atoms with Gasteiger partial charge < -0.3 is 10.2 Å². The molecule has 3 nitrogen and oxygen atoms in total. The van der Waals surface area contributed by atoms with Crippen molar-refractivity contribution in [3.8, 4) is 0 Å². The average molecular weight is 264 g/mol. The van der Waals surface area contributed by atoms with Crippen LogP contribution in [0.25, 0.3) is 0 Å². The molecule has 0 aromatic heterocycles. The number of anilines is 1. The number of para-hydroxylation sites is 1. The highest BCUT2D eigenvalue weighted by Crippen LogP contribution is 2.22. The maximum atomic E-state index is 13.8. The van der Waals surface area contributed by atoms with Crippen LogP contribution in [-0.4, -0.2) is 25.0 Å². The molecule has 0 bridgehead atoms. The van der Waals surface area contributed by atoms with Gasteiger partial charge in [0.15, 0.2) is 0 Å². The van der Waals surface area contributed by atoms with E-state index < -0.39 is 0 Å². The number of piperidine rings is 1. The topological polar surface area (TPSA) is 32.3 Å². The minimum atomic E-state index is -0.196. The summed E-state index contributed by atoms with van der Waals surface area (Å²) in [7, 11) is 0. The number of hydrogen-bond donors (Lipinski definition) is 1. The average Bonchev–Trinajstić information content (AvgIpc) is 2.39. The number of carbonyl (C=O) groups excluding carboxylic acids is 1. The molecule has 1 heterocycles. The number of carbonyl (C=O) groups is 1. The van der Waals surface area contributed by atoms with Crippen LogP contribution in [0.5, 0.6) is 0 Å². The van der Waals surface area contributed by atoms with Crippen LogP contribution in [-0.2, 0) is 4.79 Å².